The van der Waals surface area contributed by atoms with Crippen LogP contribution in [0, 0.1) is 5.92 Å². The summed E-state index contributed by atoms with van der Waals surface area (Å²) in [4.78, 5) is 39.7. The molecule has 1 aromatic rings. The topological polar surface area (TPSA) is 78.5 Å². The Bertz CT molecular complexity index is 684. The minimum Gasteiger partial charge on any atom is -0.352 e. The molecule has 0 aromatic carbocycles. The monoisotopic (exact) mass is 349 g/mol. The van der Waals surface area contributed by atoms with Gasteiger partial charge in [-0.1, -0.05) is 13.8 Å². The fourth-order valence-corrected chi connectivity index (χ4v) is 4.29. The Morgan fingerprint density at radius 1 is 1.42 bits per heavy atom. The summed E-state index contributed by atoms with van der Waals surface area (Å²) >= 11 is 1.61. The largest absolute Gasteiger partial charge is 0.352 e. The van der Waals surface area contributed by atoms with Crippen LogP contribution in [0.15, 0.2) is 11.4 Å². The standard InChI is InChI=1S/C17H23N3O3S/c1-10(2)11(3)18-14(21)9-20-15(22)17(19-16(20)23)7-4-5-13-12(17)6-8-24-13/h6,8,10-11H,4-5,7,9H2,1-3H3,(H,18,21)(H,19,23)/t11-,17-/m1/s1. The highest BCUT2D eigenvalue weighted by atomic mass is 32.1. The number of amides is 4. The lowest BCUT2D eigenvalue weighted by molar-refractivity contribution is -0.135. The van der Waals surface area contributed by atoms with Crippen LogP contribution in [-0.4, -0.2) is 35.3 Å². The van der Waals surface area contributed by atoms with Crippen molar-refractivity contribution in [1.82, 2.24) is 15.5 Å². The third kappa shape index (κ3) is 2.70. The number of nitrogens with one attached hydrogen (secondary N) is 2. The van der Waals surface area contributed by atoms with E-state index in [0.29, 0.717) is 6.42 Å². The molecule has 0 radical (unpaired) electrons. The molecule has 0 unspecified atom stereocenters. The summed E-state index contributed by atoms with van der Waals surface area (Å²) in [5.74, 6) is -0.326. The Balaban J connectivity index is 1.78. The zero-order valence-corrected chi connectivity index (χ0v) is 15.0. The highest BCUT2D eigenvalue weighted by molar-refractivity contribution is 7.10. The molecule has 3 rings (SSSR count). The van der Waals surface area contributed by atoms with Gasteiger partial charge in [-0.15, -0.1) is 11.3 Å². The summed E-state index contributed by atoms with van der Waals surface area (Å²) in [5, 5.41) is 7.65. The third-order valence-corrected chi connectivity index (χ3v) is 6.01. The van der Waals surface area contributed by atoms with Crippen LogP contribution in [0.1, 0.15) is 44.1 Å². The zero-order valence-electron chi connectivity index (χ0n) is 14.2. The van der Waals surface area contributed by atoms with Gasteiger partial charge in [-0.3, -0.25) is 14.5 Å². The van der Waals surface area contributed by atoms with E-state index in [0.717, 1.165) is 28.2 Å². The molecule has 4 amide bonds. The molecule has 24 heavy (non-hydrogen) atoms. The van der Waals surface area contributed by atoms with Crippen molar-refractivity contribution in [3.8, 4) is 0 Å². The van der Waals surface area contributed by atoms with Gasteiger partial charge in [0.15, 0.2) is 0 Å². The van der Waals surface area contributed by atoms with Crippen LogP contribution in [0.5, 0.6) is 0 Å². The van der Waals surface area contributed by atoms with Gasteiger partial charge < -0.3 is 10.6 Å². The fourth-order valence-electron chi connectivity index (χ4n) is 3.29. The molecule has 1 saturated heterocycles. The third-order valence-electron chi connectivity index (χ3n) is 5.03. The first-order valence-corrected chi connectivity index (χ1v) is 9.23. The van der Waals surface area contributed by atoms with Crippen molar-refractivity contribution in [2.24, 2.45) is 5.92 Å². The lowest BCUT2D eigenvalue weighted by Gasteiger charge is -2.31. The van der Waals surface area contributed by atoms with Crippen molar-refractivity contribution in [2.75, 3.05) is 6.54 Å². The van der Waals surface area contributed by atoms with Gasteiger partial charge >= 0.3 is 6.03 Å². The predicted molar refractivity (Wildman–Crippen MR) is 91.6 cm³/mol. The average Bonchev–Trinajstić information content (AvgIpc) is 3.08. The van der Waals surface area contributed by atoms with Gasteiger partial charge in [0, 0.05) is 16.5 Å². The van der Waals surface area contributed by atoms with Gasteiger partial charge in [-0.25, -0.2) is 4.79 Å². The van der Waals surface area contributed by atoms with E-state index in [-0.39, 0.29) is 30.3 Å². The molecule has 7 heteroatoms. The summed E-state index contributed by atoms with van der Waals surface area (Å²) in [6.45, 7) is 5.69. The number of fused-ring (bicyclic) bond motifs is 2. The number of carbonyl (C=O) groups is 3. The maximum absolute atomic E-state index is 13.0. The molecular weight excluding hydrogens is 326 g/mol. The molecule has 0 bridgehead atoms. The van der Waals surface area contributed by atoms with Gasteiger partial charge in [0.1, 0.15) is 12.1 Å². The van der Waals surface area contributed by atoms with Gasteiger partial charge in [0.25, 0.3) is 5.91 Å². The molecule has 1 aromatic heterocycles. The SMILES string of the molecule is CC(C)[C@@H](C)NC(=O)CN1C(=O)N[C@@]2(CCCc3sccc32)C1=O. The average molecular weight is 349 g/mol. The van der Waals surface area contributed by atoms with Gasteiger partial charge in [0.05, 0.1) is 0 Å². The first kappa shape index (κ1) is 17.0. The van der Waals surface area contributed by atoms with E-state index < -0.39 is 11.6 Å². The Hall–Kier alpha value is -1.89. The van der Waals surface area contributed by atoms with Crippen LogP contribution < -0.4 is 10.6 Å². The van der Waals surface area contributed by atoms with Crippen molar-refractivity contribution in [2.45, 2.75) is 51.6 Å². The summed E-state index contributed by atoms with van der Waals surface area (Å²) in [6, 6.07) is 1.43. The van der Waals surface area contributed by atoms with E-state index in [1.165, 1.54) is 0 Å². The van der Waals surface area contributed by atoms with Gasteiger partial charge in [-0.05, 0) is 43.6 Å². The highest BCUT2D eigenvalue weighted by Crippen LogP contribution is 2.41. The maximum atomic E-state index is 13.0. The first-order chi connectivity index (χ1) is 11.3. The van der Waals surface area contributed by atoms with Crippen LogP contribution in [0.4, 0.5) is 4.79 Å². The highest BCUT2D eigenvalue weighted by Gasteiger charge is 2.54. The van der Waals surface area contributed by atoms with Crippen LogP contribution in [0.2, 0.25) is 0 Å². The number of hydrogen-bond acceptors (Lipinski definition) is 4. The molecule has 130 valence electrons. The van der Waals surface area contributed by atoms with E-state index in [4.69, 9.17) is 0 Å². The molecule has 1 spiro atoms. The minimum absolute atomic E-state index is 0.00890. The quantitative estimate of drug-likeness (QED) is 0.816. The Morgan fingerprint density at radius 3 is 2.88 bits per heavy atom. The van der Waals surface area contributed by atoms with E-state index in [2.05, 4.69) is 10.6 Å². The molecule has 1 aliphatic heterocycles. The molecule has 2 heterocycles. The second-order valence-corrected chi connectivity index (χ2v) is 7.94. The molecule has 2 aliphatic rings. The Kier molecular flexibility index (Phi) is 4.38. The van der Waals surface area contributed by atoms with E-state index >= 15 is 0 Å². The minimum atomic E-state index is -0.978. The van der Waals surface area contributed by atoms with Crippen molar-refractivity contribution in [3.05, 3.63) is 21.9 Å². The van der Waals surface area contributed by atoms with Crippen LogP contribution in [0.25, 0.3) is 0 Å². The van der Waals surface area contributed by atoms with E-state index in [1.54, 1.807) is 11.3 Å². The first-order valence-electron chi connectivity index (χ1n) is 8.35. The van der Waals surface area contributed by atoms with Gasteiger partial charge in [0.2, 0.25) is 5.91 Å². The second-order valence-electron chi connectivity index (χ2n) is 6.94. The fraction of sp³-hybridized carbons (Fsp3) is 0.588. The van der Waals surface area contributed by atoms with Crippen LogP contribution in [0.3, 0.4) is 0 Å². The molecule has 0 saturated carbocycles. The second kappa shape index (κ2) is 6.20. The molecule has 2 N–H and O–H groups in total. The number of aryl methyl sites for hydroxylation is 1. The molecule has 6 nitrogen and oxygen atoms in total. The zero-order chi connectivity index (χ0) is 17.5. The van der Waals surface area contributed by atoms with Crippen molar-refractivity contribution in [1.29, 1.82) is 0 Å². The number of urea groups is 1. The summed E-state index contributed by atoms with van der Waals surface area (Å²) in [7, 11) is 0. The normalized spacial score (nSPS) is 24.2. The number of carbonyl (C=O) groups excluding carboxylic acids is 3. The van der Waals surface area contributed by atoms with Gasteiger partial charge in [-0.2, -0.15) is 0 Å². The number of imide groups is 1. The lowest BCUT2D eigenvalue weighted by atomic mass is 9.80. The molecule has 1 fully saturated rings. The summed E-state index contributed by atoms with van der Waals surface area (Å²) < 4.78 is 0. The Labute approximate surface area is 145 Å². The van der Waals surface area contributed by atoms with Crippen molar-refractivity contribution >= 4 is 29.2 Å². The number of rotatable bonds is 4. The van der Waals surface area contributed by atoms with Crippen molar-refractivity contribution in [3.63, 3.8) is 0 Å². The summed E-state index contributed by atoms with van der Waals surface area (Å²) in [6.07, 6.45) is 2.37. The van der Waals surface area contributed by atoms with Crippen LogP contribution in [-0.2, 0) is 21.5 Å². The van der Waals surface area contributed by atoms with E-state index in [9.17, 15) is 14.4 Å². The van der Waals surface area contributed by atoms with Crippen molar-refractivity contribution < 1.29 is 14.4 Å². The predicted octanol–water partition coefficient (Wildman–Crippen LogP) is 1.99. The number of hydrogen-bond donors (Lipinski definition) is 2. The maximum Gasteiger partial charge on any atom is 0.325 e. The molecule has 2 atom stereocenters. The van der Waals surface area contributed by atoms with Crippen LogP contribution >= 0.6 is 11.3 Å². The van der Waals surface area contributed by atoms with E-state index in [1.807, 2.05) is 32.2 Å². The smallest absolute Gasteiger partial charge is 0.325 e. The summed E-state index contributed by atoms with van der Waals surface area (Å²) in [5.41, 5.74) is -0.0789. The molecular formula is C17H23N3O3S. The number of thiophene rings is 1. The number of nitrogens with zero attached hydrogens (tertiary/aromatic N) is 1. The lowest BCUT2D eigenvalue weighted by Crippen LogP contribution is -2.47. The Morgan fingerprint density at radius 2 is 2.17 bits per heavy atom. The molecule has 1 aliphatic carbocycles.